The lowest BCUT2D eigenvalue weighted by atomic mass is 10.1. The van der Waals surface area contributed by atoms with Crippen molar-refractivity contribution in [2.75, 3.05) is 39.0 Å². The van der Waals surface area contributed by atoms with Crippen LogP contribution in [0.3, 0.4) is 0 Å². The van der Waals surface area contributed by atoms with E-state index in [0.29, 0.717) is 0 Å². The van der Waals surface area contributed by atoms with Crippen molar-refractivity contribution >= 4 is 11.8 Å². The number of unbranched alkanes of at least 4 members (excludes halogenated alkanes) is 2. The van der Waals surface area contributed by atoms with Crippen molar-refractivity contribution in [2.45, 2.75) is 62.0 Å². The summed E-state index contributed by atoms with van der Waals surface area (Å²) < 4.78 is 5.38. The second-order valence-corrected chi connectivity index (χ2v) is 8.87. The van der Waals surface area contributed by atoms with Crippen LogP contribution in [0.5, 0.6) is 5.75 Å². The molecule has 1 aromatic carbocycles. The summed E-state index contributed by atoms with van der Waals surface area (Å²) >= 11 is 1.97. The van der Waals surface area contributed by atoms with Crippen molar-refractivity contribution < 1.29 is 9.84 Å². The maximum atomic E-state index is 9.80. The van der Waals surface area contributed by atoms with Gasteiger partial charge in [-0.05, 0) is 88.3 Å². The molecule has 1 heterocycles. The fourth-order valence-corrected chi connectivity index (χ4v) is 4.59. The van der Waals surface area contributed by atoms with E-state index in [1.54, 1.807) is 7.11 Å². The molecule has 1 saturated carbocycles. The minimum Gasteiger partial charge on any atom is -0.497 e. The van der Waals surface area contributed by atoms with Crippen molar-refractivity contribution in [2.24, 2.45) is 0 Å². The summed E-state index contributed by atoms with van der Waals surface area (Å²) in [6.07, 6.45) is 7.85. The van der Waals surface area contributed by atoms with Crippen LogP contribution in [0.15, 0.2) is 23.1 Å². The molecule has 3 rings (SSSR count). The van der Waals surface area contributed by atoms with E-state index in [1.165, 1.54) is 42.0 Å². The van der Waals surface area contributed by atoms with Gasteiger partial charge in [0, 0.05) is 23.7 Å². The number of thioether (sulfide) groups is 1. The largest absolute Gasteiger partial charge is 0.497 e. The van der Waals surface area contributed by atoms with Crippen LogP contribution in [-0.2, 0) is 6.54 Å². The van der Waals surface area contributed by atoms with Gasteiger partial charge in [-0.2, -0.15) is 0 Å². The van der Waals surface area contributed by atoms with E-state index in [1.807, 2.05) is 11.8 Å². The summed E-state index contributed by atoms with van der Waals surface area (Å²) in [5.41, 5.74) is 1.14. The summed E-state index contributed by atoms with van der Waals surface area (Å²) in [6, 6.07) is 6.46. The molecule has 0 amide bonds. The normalized spacial score (nSPS) is 19.0. The average Bonchev–Trinajstić information content (AvgIpc) is 3.41. The zero-order chi connectivity index (χ0) is 18.2. The van der Waals surface area contributed by atoms with Crippen LogP contribution in [0.1, 0.15) is 50.5 Å². The van der Waals surface area contributed by atoms with Gasteiger partial charge in [-0.3, -0.25) is 4.90 Å². The van der Waals surface area contributed by atoms with Crippen molar-refractivity contribution in [3.63, 3.8) is 0 Å². The molecule has 0 unspecified atom stereocenters. The van der Waals surface area contributed by atoms with E-state index in [0.717, 1.165) is 57.6 Å². The molecule has 0 bridgehead atoms. The summed E-state index contributed by atoms with van der Waals surface area (Å²) in [7, 11) is 1.74. The smallest absolute Gasteiger partial charge is 0.119 e. The zero-order valence-corrected chi connectivity index (χ0v) is 17.0. The molecule has 1 fully saturated rings. The number of ether oxygens (including phenoxy) is 1. The highest BCUT2D eigenvalue weighted by Crippen LogP contribution is 2.39. The maximum absolute atomic E-state index is 9.80. The van der Waals surface area contributed by atoms with Gasteiger partial charge in [0.2, 0.25) is 0 Å². The highest BCUT2D eigenvalue weighted by atomic mass is 32.2. The Morgan fingerprint density at radius 1 is 1.19 bits per heavy atom. The van der Waals surface area contributed by atoms with Gasteiger partial charge in [0.15, 0.2) is 0 Å². The van der Waals surface area contributed by atoms with Gasteiger partial charge in [-0.15, -0.1) is 11.8 Å². The Morgan fingerprint density at radius 2 is 2.00 bits per heavy atom. The van der Waals surface area contributed by atoms with Gasteiger partial charge in [-0.25, -0.2) is 0 Å². The molecule has 146 valence electrons. The van der Waals surface area contributed by atoms with E-state index in [9.17, 15) is 5.11 Å². The molecular formula is C21H34N2O2S. The van der Waals surface area contributed by atoms with Crippen molar-refractivity contribution in [3.8, 4) is 5.75 Å². The fourth-order valence-electron chi connectivity index (χ4n) is 3.55. The number of hydrogen-bond donors (Lipinski definition) is 2. The molecule has 0 atom stereocenters. The van der Waals surface area contributed by atoms with E-state index in [-0.39, 0.29) is 5.60 Å². The topological polar surface area (TPSA) is 44.7 Å². The van der Waals surface area contributed by atoms with Crippen LogP contribution in [0.2, 0.25) is 0 Å². The molecule has 1 aliphatic carbocycles. The Hall–Kier alpha value is -0.750. The quantitative estimate of drug-likeness (QED) is 0.575. The molecule has 1 aromatic rings. The minimum atomic E-state index is -0.270. The van der Waals surface area contributed by atoms with Crippen molar-refractivity contribution in [3.05, 3.63) is 23.8 Å². The third-order valence-corrected chi connectivity index (χ3v) is 6.57. The van der Waals surface area contributed by atoms with Crippen LogP contribution >= 0.6 is 11.8 Å². The second-order valence-electron chi connectivity index (χ2n) is 7.74. The summed E-state index contributed by atoms with van der Waals surface area (Å²) in [5, 5.41) is 13.4. The monoisotopic (exact) mass is 378 g/mol. The molecule has 0 saturated heterocycles. The number of benzene rings is 1. The lowest BCUT2D eigenvalue weighted by Crippen LogP contribution is -2.26. The van der Waals surface area contributed by atoms with Crippen molar-refractivity contribution in [1.82, 2.24) is 10.2 Å². The van der Waals surface area contributed by atoms with Gasteiger partial charge in [-0.1, -0.05) is 0 Å². The van der Waals surface area contributed by atoms with E-state index in [2.05, 4.69) is 28.4 Å². The molecule has 26 heavy (non-hydrogen) atoms. The van der Waals surface area contributed by atoms with Crippen LogP contribution < -0.4 is 10.1 Å². The fraction of sp³-hybridized carbons (Fsp3) is 0.714. The molecule has 0 aromatic heterocycles. The third-order valence-electron chi connectivity index (χ3n) is 5.48. The van der Waals surface area contributed by atoms with E-state index >= 15 is 0 Å². The molecule has 5 heteroatoms. The first-order chi connectivity index (χ1) is 12.7. The molecule has 1 aliphatic heterocycles. The third kappa shape index (κ3) is 6.45. The lowest BCUT2D eigenvalue weighted by Gasteiger charge is -2.20. The van der Waals surface area contributed by atoms with Crippen LogP contribution in [0.25, 0.3) is 0 Å². The van der Waals surface area contributed by atoms with Gasteiger partial charge >= 0.3 is 0 Å². The Labute approximate surface area is 162 Å². The first kappa shape index (κ1) is 20.0. The molecule has 2 N–H and O–H groups in total. The Balaban J connectivity index is 1.26. The number of rotatable bonds is 11. The number of hydrogen-bond acceptors (Lipinski definition) is 5. The molecule has 0 radical (unpaired) electrons. The van der Waals surface area contributed by atoms with Gasteiger partial charge < -0.3 is 15.2 Å². The number of fused-ring (bicyclic) bond motifs is 1. The predicted octanol–water partition coefficient (Wildman–Crippen LogP) is 3.67. The first-order valence-corrected chi connectivity index (χ1v) is 11.1. The Kier molecular flexibility index (Phi) is 7.67. The van der Waals surface area contributed by atoms with Crippen LogP contribution in [-0.4, -0.2) is 54.6 Å². The van der Waals surface area contributed by atoms with Gasteiger partial charge in [0.25, 0.3) is 0 Å². The van der Waals surface area contributed by atoms with Gasteiger partial charge in [0.05, 0.1) is 12.7 Å². The summed E-state index contributed by atoms with van der Waals surface area (Å²) in [5.74, 6) is 2.13. The maximum Gasteiger partial charge on any atom is 0.119 e. The highest BCUT2D eigenvalue weighted by Gasteiger charge is 2.39. The summed E-state index contributed by atoms with van der Waals surface area (Å²) in [6.45, 7) is 5.57. The number of methoxy groups -OCH3 is 1. The average molecular weight is 379 g/mol. The van der Waals surface area contributed by atoms with E-state index < -0.39 is 0 Å². The number of aliphatic hydroxyl groups is 1. The Morgan fingerprint density at radius 3 is 2.77 bits per heavy atom. The highest BCUT2D eigenvalue weighted by molar-refractivity contribution is 7.99. The predicted molar refractivity (Wildman–Crippen MR) is 109 cm³/mol. The number of nitrogens with zero attached hydrogens (tertiary/aromatic N) is 1. The second kappa shape index (κ2) is 9.98. The Bertz CT molecular complexity index is 563. The SMILES string of the molecule is COc1ccc2c(c1)CN(CCCCNCCCCC1(O)CC1)CCS2. The summed E-state index contributed by atoms with van der Waals surface area (Å²) in [4.78, 5) is 3.99. The molecule has 0 spiro atoms. The number of nitrogens with one attached hydrogen (secondary N) is 1. The van der Waals surface area contributed by atoms with Gasteiger partial charge in [0.1, 0.15) is 5.75 Å². The van der Waals surface area contributed by atoms with E-state index in [4.69, 9.17) is 4.74 Å². The first-order valence-electron chi connectivity index (χ1n) is 10.1. The molecular weight excluding hydrogens is 344 g/mol. The lowest BCUT2D eigenvalue weighted by molar-refractivity contribution is 0.136. The van der Waals surface area contributed by atoms with Crippen LogP contribution in [0.4, 0.5) is 0 Å². The van der Waals surface area contributed by atoms with Crippen LogP contribution in [0, 0.1) is 0 Å². The standard InChI is InChI=1S/C21H34N2O2S/c1-25-19-6-7-20-18(16-19)17-23(14-15-26-20)13-5-4-12-22-11-3-2-8-21(24)9-10-21/h6-7,16,22,24H,2-5,8-15,17H2,1H3. The zero-order valence-electron chi connectivity index (χ0n) is 16.1. The molecule has 4 nitrogen and oxygen atoms in total. The minimum absolute atomic E-state index is 0.270. The molecule has 2 aliphatic rings. The van der Waals surface area contributed by atoms with Crippen molar-refractivity contribution in [1.29, 1.82) is 0 Å².